The van der Waals surface area contributed by atoms with E-state index in [-0.39, 0.29) is 29.5 Å². The number of imidazole rings is 1. The average Bonchev–Trinajstić information content (AvgIpc) is 3.60. The molecule has 5 N–H and O–H groups in total. The Hall–Kier alpha value is -3.96. The lowest BCUT2D eigenvalue weighted by Gasteiger charge is -2.30. The smallest absolute Gasteiger partial charge is 0.315 e. The molecule has 0 radical (unpaired) electrons. The Balaban J connectivity index is 1.28. The lowest BCUT2D eigenvalue weighted by Crippen LogP contribution is -2.45. The minimum atomic E-state index is -0.622. The molecule has 202 valence electrons. The van der Waals surface area contributed by atoms with Crippen LogP contribution in [0.25, 0.3) is 5.65 Å². The monoisotopic (exact) mass is 523 g/mol. The fourth-order valence-corrected chi connectivity index (χ4v) is 4.54. The zero-order valence-corrected chi connectivity index (χ0v) is 21.6. The van der Waals surface area contributed by atoms with Crippen LogP contribution in [0.4, 0.5) is 26.4 Å². The number of urea groups is 1. The molecule has 3 aromatic rings. The van der Waals surface area contributed by atoms with Gasteiger partial charge in [0.1, 0.15) is 5.82 Å². The van der Waals surface area contributed by atoms with Gasteiger partial charge in [0.15, 0.2) is 17.2 Å². The highest BCUT2D eigenvalue weighted by molar-refractivity contribution is 6.03. The molecule has 0 aromatic carbocycles. The standard InChI is InChI=1S/C26H34FN9O2/c1-15(2)12-30-26(38)33-18-7-5-17(6-8-18)32-23-11-21(31-16-3-4-16)24-29-14-22(36(24)35-23)25(37)34-20-9-10-28-13-19(20)27/h9-11,13-18,31H,3-8,12H2,1-2H3,(H,32,35)(H,28,34,37)(H2,30,33,38)/t17-,18-. The maximum atomic E-state index is 14.1. The summed E-state index contributed by atoms with van der Waals surface area (Å²) in [6.45, 7) is 4.78. The second-order valence-electron chi connectivity index (χ2n) is 10.5. The fraction of sp³-hybridized carbons (Fsp3) is 0.500. The van der Waals surface area contributed by atoms with E-state index < -0.39 is 11.7 Å². The lowest BCUT2D eigenvalue weighted by atomic mass is 9.91. The van der Waals surface area contributed by atoms with Gasteiger partial charge in [-0.15, -0.1) is 5.10 Å². The van der Waals surface area contributed by atoms with Crippen LogP contribution >= 0.6 is 0 Å². The first kappa shape index (κ1) is 25.7. The Kier molecular flexibility index (Phi) is 7.57. The molecule has 0 spiro atoms. The third kappa shape index (κ3) is 6.29. The summed E-state index contributed by atoms with van der Waals surface area (Å²) >= 11 is 0. The highest BCUT2D eigenvalue weighted by Gasteiger charge is 2.26. The predicted molar refractivity (Wildman–Crippen MR) is 143 cm³/mol. The molecule has 38 heavy (non-hydrogen) atoms. The topological polar surface area (TPSA) is 137 Å². The fourth-order valence-electron chi connectivity index (χ4n) is 4.54. The van der Waals surface area contributed by atoms with Crippen LogP contribution in [0, 0.1) is 11.7 Å². The van der Waals surface area contributed by atoms with Gasteiger partial charge in [0, 0.05) is 36.9 Å². The van der Waals surface area contributed by atoms with E-state index >= 15 is 0 Å². The first-order valence-electron chi connectivity index (χ1n) is 13.2. The number of fused-ring (bicyclic) bond motifs is 1. The molecule has 0 saturated heterocycles. The van der Waals surface area contributed by atoms with E-state index in [0.29, 0.717) is 30.0 Å². The molecule has 3 amide bonds. The number of halogens is 1. The van der Waals surface area contributed by atoms with Gasteiger partial charge in [0.05, 0.1) is 23.8 Å². The van der Waals surface area contributed by atoms with Crippen molar-refractivity contribution < 1.29 is 14.0 Å². The molecule has 2 aliphatic carbocycles. The number of amides is 3. The molecule has 2 aliphatic rings. The first-order chi connectivity index (χ1) is 18.4. The largest absolute Gasteiger partial charge is 0.379 e. The number of nitrogens with one attached hydrogen (secondary N) is 5. The lowest BCUT2D eigenvalue weighted by molar-refractivity contribution is 0.102. The third-order valence-electron chi connectivity index (χ3n) is 6.74. The van der Waals surface area contributed by atoms with Crippen molar-refractivity contribution in [2.45, 2.75) is 70.5 Å². The van der Waals surface area contributed by atoms with Gasteiger partial charge < -0.3 is 26.6 Å². The van der Waals surface area contributed by atoms with Gasteiger partial charge >= 0.3 is 6.03 Å². The molecule has 3 aromatic heterocycles. The van der Waals surface area contributed by atoms with E-state index in [2.05, 4.69) is 55.5 Å². The second-order valence-corrected chi connectivity index (χ2v) is 10.5. The Morgan fingerprint density at radius 1 is 1.03 bits per heavy atom. The van der Waals surface area contributed by atoms with E-state index in [1.165, 1.54) is 23.0 Å². The molecule has 0 unspecified atom stereocenters. The second kappa shape index (κ2) is 11.2. The van der Waals surface area contributed by atoms with Gasteiger partial charge in [-0.25, -0.2) is 18.7 Å². The van der Waals surface area contributed by atoms with Gasteiger partial charge in [-0.05, 0) is 50.5 Å². The number of aromatic nitrogens is 4. The van der Waals surface area contributed by atoms with Crippen LogP contribution in [0.3, 0.4) is 0 Å². The summed E-state index contributed by atoms with van der Waals surface area (Å²) in [4.78, 5) is 33.3. The predicted octanol–water partition coefficient (Wildman–Crippen LogP) is 3.77. The molecular formula is C26H34FN9O2. The van der Waals surface area contributed by atoms with E-state index in [4.69, 9.17) is 0 Å². The minimum Gasteiger partial charge on any atom is -0.379 e. The molecule has 11 nitrogen and oxygen atoms in total. The van der Waals surface area contributed by atoms with Crippen LogP contribution in [0.5, 0.6) is 0 Å². The Labute approximate surface area is 220 Å². The van der Waals surface area contributed by atoms with Crippen molar-refractivity contribution in [3.8, 4) is 0 Å². The highest BCUT2D eigenvalue weighted by Crippen LogP contribution is 2.30. The van der Waals surface area contributed by atoms with Crippen molar-refractivity contribution >= 4 is 34.8 Å². The maximum Gasteiger partial charge on any atom is 0.315 e. The van der Waals surface area contributed by atoms with E-state index in [1.54, 1.807) is 0 Å². The van der Waals surface area contributed by atoms with Crippen LogP contribution < -0.4 is 26.6 Å². The number of hydrogen-bond acceptors (Lipinski definition) is 7. The van der Waals surface area contributed by atoms with Crippen molar-refractivity contribution in [3.63, 3.8) is 0 Å². The summed E-state index contributed by atoms with van der Waals surface area (Å²) in [5, 5.41) is 20.2. The molecule has 2 fully saturated rings. The summed E-state index contributed by atoms with van der Waals surface area (Å²) < 4.78 is 15.5. The first-order valence-corrected chi connectivity index (χ1v) is 13.2. The number of hydrogen-bond donors (Lipinski definition) is 5. The molecule has 0 atom stereocenters. The van der Waals surface area contributed by atoms with Crippen LogP contribution in [-0.2, 0) is 0 Å². The van der Waals surface area contributed by atoms with E-state index in [9.17, 15) is 14.0 Å². The number of carbonyl (C=O) groups is 2. The number of nitrogens with zero attached hydrogens (tertiary/aromatic N) is 4. The van der Waals surface area contributed by atoms with Gasteiger partial charge in [0.2, 0.25) is 0 Å². The minimum absolute atomic E-state index is 0.0359. The number of pyridine rings is 1. The molecule has 0 bridgehead atoms. The Morgan fingerprint density at radius 3 is 2.45 bits per heavy atom. The Bertz CT molecular complexity index is 1300. The van der Waals surface area contributed by atoms with E-state index in [1.807, 2.05) is 6.07 Å². The maximum absolute atomic E-state index is 14.1. The van der Waals surface area contributed by atoms with Gasteiger partial charge in [-0.3, -0.25) is 9.78 Å². The quantitative estimate of drug-likeness (QED) is 0.288. The zero-order valence-electron chi connectivity index (χ0n) is 21.6. The molecule has 0 aliphatic heterocycles. The number of carbonyl (C=O) groups excluding carboxylic acids is 2. The third-order valence-corrected chi connectivity index (χ3v) is 6.74. The van der Waals surface area contributed by atoms with Crippen molar-refractivity contribution in [2.24, 2.45) is 5.92 Å². The average molecular weight is 524 g/mol. The summed E-state index contributed by atoms with van der Waals surface area (Å²) in [5.74, 6) is -0.117. The normalized spacial score (nSPS) is 19.3. The Morgan fingerprint density at radius 2 is 1.74 bits per heavy atom. The van der Waals surface area contributed by atoms with Crippen molar-refractivity contribution in [2.75, 3.05) is 22.5 Å². The van der Waals surface area contributed by atoms with Crippen molar-refractivity contribution in [1.29, 1.82) is 0 Å². The molecule has 5 rings (SSSR count). The summed E-state index contributed by atoms with van der Waals surface area (Å²) in [5.41, 5.74) is 1.55. The number of rotatable bonds is 9. The molecule has 3 heterocycles. The summed E-state index contributed by atoms with van der Waals surface area (Å²) in [6.07, 6.45) is 9.52. The van der Waals surface area contributed by atoms with Crippen LogP contribution in [-0.4, -0.2) is 56.2 Å². The molecular weight excluding hydrogens is 489 g/mol. The van der Waals surface area contributed by atoms with Crippen LogP contribution in [0.1, 0.15) is 62.9 Å². The van der Waals surface area contributed by atoms with Crippen LogP contribution in [0.2, 0.25) is 0 Å². The van der Waals surface area contributed by atoms with Crippen molar-refractivity contribution in [3.05, 3.63) is 42.2 Å². The van der Waals surface area contributed by atoms with Crippen LogP contribution in [0.15, 0.2) is 30.7 Å². The van der Waals surface area contributed by atoms with Crippen molar-refractivity contribution in [1.82, 2.24) is 30.2 Å². The van der Waals surface area contributed by atoms with Gasteiger partial charge in [-0.2, -0.15) is 0 Å². The molecule has 2 saturated carbocycles. The number of anilines is 3. The highest BCUT2D eigenvalue weighted by atomic mass is 19.1. The summed E-state index contributed by atoms with van der Waals surface area (Å²) in [7, 11) is 0. The van der Waals surface area contributed by atoms with Gasteiger partial charge in [-0.1, -0.05) is 13.8 Å². The van der Waals surface area contributed by atoms with Gasteiger partial charge in [0.25, 0.3) is 5.91 Å². The molecule has 12 heteroatoms. The SMILES string of the molecule is CC(C)CNC(=O)N[C@H]1CC[C@H](Nc2cc(NC3CC3)c3ncc(C(=O)Nc4ccncc4F)n3n2)CC1. The van der Waals surface area contributed by atoms with E-state index in [0.717, 1.165) is 50.4 Å². The zero-order chi connectivity index (χ0) is 26.6. The summed E-state index contributed by atoms with van der Waals surface area (Å²) in [6, 6.07) is 3.90.